The summed E-state index contributed by atoms with van der Waals surface area (Å²) in [5, 5.41) is 28.1. The molecule has 156 valence electrons. The third-order valence-corrected chi connectivity index (χ3v) is 4.62. The maximum Gasteiger partial charge on any atom is 0.320 e. The van der Waals surface area contributed by atoms with Crippen molar-refractivity contribution in [2.24, 2.45) is 0 Å². The minimum absolute atomic E-state index is 0.264. The number of carbonyl (C=O) groups is 1. The molecule has 27 heavy (non-hydrogen) atoms. The summed E-state index contributed by atoms with van der Waals surface area (Å²) in [6.45, 7) is 8.36. The molecular formula is C15H27N3O9. The standard InChI is InChI=1S/C15H27N3O9/c1-10(13(19)20)16-14(2,3)6-11(7-15(16,4)5)25-8-12(27-18(23)24)9-26-17(21)22/h10-12H,6-9H2,1-5H3,(H,19,20). The minimum Gasteiger partial charge on any atom is -0.480 e. The molecule has 0 aliphatic carbocycles. The lowest BCUT2D eigenvalue weighted by atomic mass is 9.77. The zero-order chi connectivity index (χ0) is 21.0. The topological polar surface area (TPSA) is 155 Å². The van der Waals surface area contributed by atoms with Gasteiger partial charge in [-0.3, -0.25) is 9.69 Å². The largest absolute Gasteiger partial charge is 0.480 e. The summed E-state index contributed by atoms with van der Waals surface area (Å²) in [6, 6.07) is -0.699. The van der Waals surface area contributed by atoms with Crippen molar-refractivity contribution in [2.45, 2.75) is 76.8 Å². The number of carboxylic acids is 1. The summed E-state index contributed by atoms with van der Waals surface area (Å²) in [5.41, 5.74) is -1.03. The lowest BCUT2D eigenvalue weighted by molar-refractivity contribution is -0.790. The fourth-order valence-electron chi connectivity index (χ4n) is 4.10. The third kappa shape index (κ3) is 6.47. The van der Waals surface area contributed by atoms with Gasteiger partial charge in [0.15, 0.2) is 6.10 Å². The Balaban J connectivity index is 2.80. The Labute approximate surface area is 156 Å². The molecule has 0 bridgehead atoms. The summed E-state index contributed by atoms with van der Waals surface area (Å²) >= 11 is 0. The van der Waals surface area contributed by atoms with Crippen molar-refractivity contribution in [3.63, 3.8) is 0 Å². The Bertz CT molecular complexity index is 549. The van der Waals surface area contributed by atoms with E-state index < -0.39 is 46.0 Å². The smallest absolute Gasteiger partial charge is 0.320 e. The summed E-state index contributed by atoms with van der Waals surface area (Å²) < 4.78 is 5.73. The Morgan fingerprint density at radius 1 is 1.15 bits per heavy atom. The first-order valence-corrected chi connectivity index (χ1v) is 8.48. The molecule has 2 atom stereocenters. The van der Waals surface area contributed by atoms with Gasteiger partial charge in [0.1, 0.15) is 12.6 Å². The van der Waals surface area contributed by atoms with Crippen molar-refractivity contribution in [1.82, 2.24) is 4.90 Å². The van der Waals surface area contributed by atoms with Crippen LogP contribution in [-0.4, -0.2) is 68.7 Å². The maximum absolute atomic E-state index is 11.5. The first-order valence-electron chi connectivity index (χ1n) is 8.48. The van der Waals surface area contributed by atoms with Crippen LogP contribution in [0.4, 0.5) is 0 Å². The monoisotopic (exact) mass is 393 g/mol. The van der Waals surface area contributed by atoms with E-state index in [1.165, 1.54) is 0 Å². The number of nitrogens with zero attached hydrogens (tertiary/aromatic N) is 3. The molecule has 1 rings (SSSR count). The fraction of sp³-hybridized carbons (Fsp3) is 0.933. The Morgan fingerprint density at radius 2 is 1.67 bits per heavy atom. The predicted octanol–water partition coefficient (Wildman–Crippen LogP) is 1.28. The summed E-state index contributed by atoms with van der Waals surface area (Å²) in [4.78, 5) is 42.7. The highest BCUT2D eigenvalue weighted by atomic mass is 17.0. The number of carboxylic acid groups (broad SMARTS) is 1. The molecule has 0 amide bonds. The molecule has 1 aliphatic rings. The quantitative estimate of drug-likeness (QED) is 0.424. The van der Waals surface area contributed by atoms with E-state index >= 15 is 0 Å². The molecule has 1 saturated heterocycles. The molecule has 0 aromatic rings. The van der Waals surface area contributed by atoms with Crippen LogP contribution in [0.25, 0.3) is 0 Å². The van der Waals surface area contributed by atoms with E-state index in [-0.39, 0.29) is 12.7 Å². The second kappa shape index (κ2) is 8.65. The molecule has 1 aliphatic heterocycles. The Hall–Kier alpha value is -2.21. The molecule has 1 fully saturated rings. The lowest BCUT2D eigenvalue weighted by Crippen LogP contribution is -2.66. The lowest BCUT2D eigenvalue weighted by Gasteiger charge is -2.56. The summed E-state index contributed by atoms with van der Waals surface area (Å²) in [7, 11) is 0. The van der Waals surface area contributed by atoms with Crippen LogP contribution in [0.1, 0.15) is 47.5 Å². The SMILES string of the molecule is CC(C(=O)O)N1C(C)(C)CC(OCC(CO[N+](=O)[O-])O[N+](=O)[O-])CC1(C)C. The highest BCUT2D eigenvalue weighted by molar-refractivity contribution is 5.73. The van der Waals surface area contributed by atoms with E-state index in [0.717, 1.165) is 0 Å². The number of aliphatic carboxylic acids is 1. The van der Waals surface area contributed by atoms with Crippen LogP contribution >= 0.6 is 0 Å². The van der Waals surface area contributed by atoms with Crippen LogP contribution in [0.2, 0.25) is 0 Å². The van der Waals surface area contributed by atoms with Gasteiger partial charge in [-0.25, -0.2) is 0 Å². The fourth-order valence-corrected chi connectivity index (χ4v) is 4.10. The summed E-state index contributed by atoms with van der Waals surface area (Å²) in [6.07, 6.45) is -0.613. The zero-order valence-electron chi connectivity index (χ0n) is 16.1. The number of rotatable bonds is 10. The van der Waals surface area contributed by atoms with Gasteiger partial charge in [0, 0.05) is 11.1 Å². The van der Waals surface area contributed by atoms with E-state index in [4.69, 9.17) is 4.74 Å². The van der Waals surface area contributed by atoms with E-state index in [1.807, 2.05) is 32.6 Å². The number of ether oxygens (including phenoxy) is 1. The Kier molecular flexibility index (Phi) is 7.32. The molecule has 0 spiro atoms. The number of piperidine rings is 1. The maximum atomic E-state index is 11.5. The van der Waals surface area contributed by atoms with E-state index in [9.17, 15) is 30.1 Å². The molecule has 0 aromatic heterocycles. The van der Waals surface area contributed by atoms with Gasteiger partial charge in [0.05, 0.1) is 12.7 Å². The molecule has 12 heteroatoms. The average molecular weight is 393 g/mol. The molecular weight excluding hydrogens is 366 g/mol. The van der Waals surface area contributed by atoms with Gasteiger partial charge in [-0.1, -0.05) is 0 Å². The van der Waals surface area contributed by atoms with Gasteiger partial charge in [-0.15, -0.1) is 20.2 Å². The van der Waals surface area contributed by atoms with Crippen LogP contribution in [-0.2, 0) is 19.2 Å². The summed E-state index contributed by atoms with van der Waals surface area (Å²) in [5.74, 6) is -0.924. The van der Waals surface area contributed by atoms with Crippen LogP contribution in [0.3, 0.4) is 0 Å². The minimum atomic E-state index is -1.24. The van der Waals surface area contributed by atoms with Crippen molar-refractivity contribution < 1.29 is 34.5 Å². The van der Waals surface area contributed by atoms with E-state index in [1.54, 1.807) is 6.92 Å². The first kappa shape index (κ1) is 22.8. The average Bonchev–Trinajstić information content (AvgIpc) is 2.46. The van der Waals surface area contributed by atoms with E-state index in [2.05, 4.69) is 9.68 Å². The third-order valence-electron chi connectivity index (χ3n) is 4.62. The number of likely N-dealkylation sites (tertiary alicyclic amines) is 1. The molecule has 0 aromatic carbocycles. The first-order chi connectivity index (χ1) is 12.3. The van der Waals surface area contributed by atoms with Crippen LogP contribution < -0.4 is 0 Å². The van der Waals surface area contributed by atoms with Gasteiger partial charge in [-0.05, 0) is 47.5 Å². The van der Waals surface area contributed by atoms with Gasteiger partial charge < -0.3 is 19.5 Å². The van der Waals surface area contributed by atoms with Gasteiger partial charge in [-0.2, -0.15) is 0 Å². The van der Waals surface area contributed by atoms with Crippen LogP contribution in [0, 0.1) is 20.2 Å². The van der Waals surface area contributed by atoms with Gasteiger partial charge in [0.25, 0.3) is 10.2 Å². The molecule has 2 unspecified atom stereocenters. The molecule has 1 N–H and O–H groups in total. The highest BCUT2D eigenvalue weighted by Crippen LogP contribution is 2.41. The van der Waals surface area contributed by atoms with Crippen molar-refractivity contribution in [3.05, 3.63) is 20.2 Å². The highest BCUT2D eigenvalue weighted by Gasteiger charge is 2.49. The molecule has 12 nitrogen and oxygen atoms in total. The van der Waals surface area contributed by atoms with Crippen molar-refractivity contribution >= 4 is 5.97 Å². The molecule has 1 heterocycles. The van der Waals surface area contributed by atoms with Crippen molar-refractivity contribution in [2.75, 3.05) is 13.2 Å². The van der Waals surface area contributed by atoms with Crippen LogP contribution in [0.15, 0.2) is 0 Å². The zero-order valence-corrected chi connectivity index (χ0v) is 16.1. The second-order valence-electron chi connectivity index (χ2n) is 7.84. The number of hydrogen-bond acceptors (Lipinski definition) is 9. The van der Waals surface area contributed by atoms with Crippen LogP contribution in [0.5, 0.6) is 0 Å². The van der Waals surface area contributed by atoms with Gasteiger partial charge in [0.2, 0.25) is 0 Å². The van der Waals surface area contributed by atoms with Crippen molar-refractivity contribution in [3.8, 4) is 0 Å². The number of hydrogen-bond donors (Lipinski definition) is 1. The van der Waals surface area contributed by atoms with E-state index in [0.29, 0.717) is 12.8 Å². The van der Waals surface area contributed by atoms with Gasteiger partial charge >= 0.3 is 5.97 Å². The normalized spacial score (nSPS) is 21.8. The predicted molar refractivity (Wildman–Crippen MR) is 90.9 cm³/mol. The second-order valence-corrected chi connectivity index (χ2v) is 7.84. The molecule has 0 radical (unpaired) electrons. The Morgan fingerprint density at radius 3 is 2.07 bits per heavy atom. The van der Waals surface area contributed by atoms with Crippen molar-refractivity contribution in [1.29, 1.82) is 0 Å². The molecule has 0 saturated carbocycles.